The first-order valence-corrected chi connectivity index (χ1v) is 11.5. The van der Waals surface area contributed by atoms with E-state index in [0.29, 0.717) is 16.5 Å². The highest BCUT2D eigenvalue weighted by molar-refractivity contribution is 7.91. The Kier molecular flexibility index (Phi) is 10.3. The maximum absolute atomic E-state index is 12.4. The van der Waals surface area contributed by atoms with Crippen molar-refractivity contribution in [1.82, 2.24) is 0 Å². The third-order valence-corrected chi connectivity index (χ3v) is 6.95. The van der Waals surface area contributed by atoms with Crippen molar-refractivity contribution in [3.8, 4) is 0 Å². The fraction of sp³-hybridized carbons (Fsp3) is 0.684. The molecule has 24 heavy (non-hydrogen) atoms. The first-order chi connectivity index (χ1) is 11.4. The first kappa shape index (κ1) is 21.8. The van der Waals surface area contributed by atoms with Crippen LogP contribution in [0.1, 0.15) is 76.7 Å². The lowest BCUT2D eigenvalue weighted by molar-refractivity contribution is 0.558. The highest BCUT2D eigenvalue weighted by Gasteiger charge is 2.17. The molecule has 0 fully saturated rings. The van der Waals surface area contributed by atoms with Gasteiger partial charge in [-0.1, -0.05) is 87.9 Å². The summed E-state index contributed by atoms with van der Waals surface area (Å²) in [6.07, 6.45) is 11.8. The number of hydrogen-bond acceptors (Lipinski definition) is 2. The molecule has 138 valence electrons. The number of unbranched alkanes of at least 4 members (excludes halogenated alkanes) is 9. The van der Waals surface area contributed by atoms with Crippen LogP contribution < -0.4 is 0 Å². The Hall–Kier alpha value is -0.250. The summed E-state index contributed by atoms with van der Waals surface area (Å²) in [6.45, 7) is 4.01. The fourth-order valence-corrected chi connectivity index (χ4v) is 4.73. The van der Waals surface area contributed by atoms with E-state index in [2.05, 4.69) is 6.92 Å². The minimum atomic E-state index is -3.30. The van der Waals surface area contributed by atoms with Gasteiger partial charge in [0.1, 0.15) is 0 Å². The van der Waals surface area contributed by atoms with Crippen LogP contribution in [0.15, 0.2) is 17.0 Å². The van der Waals surface area contributed by atoms with Gasteiger partial charge in [-0.3, -0.25) is 0 Å². The van der Waals surface area contributed by atoms with Gasteiger partial charge in [0.05, 0.1) is 10.6 Å². The molecule has 0 unspecified atom stereocenters. The summed E-state index contributed by atoms with van der Waals surface area (Å²) in [6, 6.07) is 3.02. The molecule has 1 aromatic carbocycles. The number of rotatable bonds is 12. The minimum Gasteiger partial charge on any atom is -0.224 e. The van der Waals surface area contributed by atoms with E-state index in [-0.39, 0.29) is 10.6 Å². The molecule has 0 heterocycles. The van der Waals surface area contributed by atoms with Crippen LogP contribution in [0, 0.1) is 6.92 Å². The molecule has 0 aromatic heterocycles. The molecule has 2 nitrogen and oxygen atoms in total. The Morgan fingerprint density at radius 2 is 1.21 bits per heavy atom. The Labute approximate surface area is 157 Å². The first-order valence-electron chi connectivity index (χ1n) is 9.07. The molecule has 1 rings (SSSR count). The molecule has 0 radical (unpaired) electrons. The predicted molar refractivity (Wildman–Crippen MR) is 105 cm³/mol. The summed E-state index contributed by atoms with van der Waals surface area (Å²) in [4.78, 5) is 0.235. The lowest BCUT2D eigenvalue weighted by Gasteiger charge is -2.08. The third-order valence-electron chi connectivity index (χ3n) is 4.38. The molecular formula is C19H30Cl2O2S. The largest absolute Gasteiger partial charge is 0.224 e. The molecule has 0 saturated carbocycles. The number of sulfone groups is 1. The highest BCUT2D eigenvalue weighted by atomic mass is 35.5. The summed E-state index contributed by atoms with van der Waals surface area (Å²) in [5.74, 6) is 0.166. The van der Waals surface area contributed by atoms with E-state index in [1.54, 1.807) is 6.92 Å². The van der Waals surface area contributed by atoms with E-state index >= 15 is 0 Å². The van der Waals surface area contributed by atoms with Gasteiger partial charge in [0.25, 0.3) is 0 Å². The summed E-state index contributed by atoms with van der Waals surface area (Å²) in [5, 5.41) is 0.813. The van der Waals surface area contributed by atoms with Crippen molar-refractivity contribution in [3.63, 3.8) is 0 Å². The van der Waals surface area contributed by atoms with Crippen LogP contribution in [-0.4, -0.2) is 14.2 Å². The van der Waals surface area contributed by atoms with Crippen molar-refractivity contribution in [2.45, 2.75) is 83.0 Å². The SMILES string of the molecule is CCCCCCCCCCCCS(=O)(=O)c1cc(Cl)c(C)c(Cl)c1. The van der Waals surface area contributed by atoms with Gasteiger partial charge in [-0.2, -0.15) is 0 Å². The van der Waals surface area contributed by atoms with E-state index in [4.69, 9.17) is 23.2 Å². The molecule has 0 aliphatic heterocycles. The zero-order chi connectivity index (χ0) is 18.0. The van der Waals surface area contributed by atoms with Crippen molar-refractivity contribution >= 4 is 33.0 Å². The molecular weight excluding hydrogens is 363 g/mol. The molecule has 0 saturated heterocycles. The second-order valence-electron chi connectivity index (χ2n) is 6.51. The van der Waals surface area contributed by atoms with Crippen LogP contribution in [0.5, 0.6) is 0 Å². The summed E-state index contributed by atoms with van der Waals surface area (Å²) < 4.78 is 24.7. The van der Waals surface area contributed by atoms with Crippen molar-refractivity contribution in [1.29, 1.82) is 0 Å². The van der Waals surface area contributed by atoms with Gasteiger partial charge in [-0.15, -0.1) is 0 Å². The molecule has 0 aliphatic rings. The van der Waals surface area contributed by atoms with Crippen LogP contribution in [0.25, 0.3) is 0 Å². The number of hydrogen-bond donors (Lipinski definition) is 0. The van der Waals surface area contributed by atoms with E-state index in [9.17, 15) is 8.42 Å². The summed E-state index contributed by atoms with van der Waals surface area (Å²) >= 11 is 12.1. The fourth-order valence-electron chi connectivity index (χ4n) is 2.70. The monoisotopic (exact) mass is 392 g/mol. The number of halogens is 2. The van der Waals surface area contributed by atoms with Gasteiger partial charge in [0, 0.05) is 10.0 Å². The van der Waals surface area contributed by atoms with Gasteiger partial charge >= 0.3 is 0 Å². The Bertz CT molecular complexity index is 574. The zero-order valence-electron chi connectivity index (χ0n) is 14.9. The molecule has 0 N–H and O–H groups in total. The third kappa shape index (κ3) is 7.76. The standard InChI is InChI=1S/C19H30Cl2O2S/c1-3-4-5-6-7-8-9-10-11-12-13-24(22,23)17-14-18(20)16(2)19(21)15-17/h14-15H,3-13H2,1-2H3. The lowest BCUT2D eigenvalue weighted by atomic mass is 10.1. The van der Waals surface area contributed by atoms with Gasteiger partial charge in [0.2, 0.25) is 0 Å². The van der Waals surface area contributed by atoms with E-state index in [1.807, 2.05) is 0 Å². The smallest absolute Gasteiger partial charge is 0.178 e. The molecule has 0 spiro atoms. The Morgan fingerprint density at radius 1 is 0.792 bits per heavy atom. The van der Waals surface area contributed by atoms with Gasteiger partial charge in [-0.25, -0.2) is 8.42 Å². The normalized spacial score (nSPS) is 11.8. The molecule has 0 bridgehead atoms. The Morgan fingerprint density at radius 3 is 1.67 bits per heavy atom. The maximum atomic E-state index is 12.4. The van der Waals surface area contributed by atoms with Gasteiger partial charge < -0.3 is 0 Å². The minimum absolute atomic E-state index is 0.166. The molecule has 0 atom stereocenters. The van der Waals surface area contributed by atoms with Gasteiger partial charge in [0.15, 0.2) is 9.84 Å². The predicted octanol–water partition coefficient (Wildman–Crippen LogP) is 7.00. The number of benzene rings is 1. The van der Waals surface area contributed by atoms with Crippen molar-refractivity contribution in [2.75, 3.05) is 5.75 Å². The van der Waals surface area contributed by atoms with E-state index in [1.165, 1.54) is 57.1 Å². The van der Waals surface area contributed by atoms with Gasteiger partial charge in [-0.05, 0) is 31.0 Å². The maximum Gasteiger partial charge on any atom is 0.178 e. The quantitative estimate of drug-likeness (QED) is 0.358. The van der Waals surface area contributed by atoms with Crippen molar-refractivity contribution in [3.05, 3.63) is 27.7 Å². The average molecular weight is 393 g/mol. The Balaban J connectivity index is 2.27. The van der Waals surface area contributed by atoms with E-state index < -0.39 is 9.84 Å². The van der Waals surface area contributed by atoms with Crippen LogP contribution >= 0.6 is 23.2 Å². The second-order valence-corrected chi connectivity index (χ2v) is 9.44. The molecule has 0 aliphatic carbocycles. The van der Waals surface area contributed by atoms with E-state index in [0.717, 1.165) is 18.4 Å². The molecule has 0 amide bonds. The topological polar surface area (TPSA) is 34.1 Å². The summed E-state index contributed by atoms with van der Waals surface area (Å²) in [7, 11) is -3.30. The molecule has 1 aromatic rings. The highest BCUT2D eigenvalue weighted by Crippen LogP contribution is 2.28. The van der Waals surface area contributed by atoms with Crippen LogP contribution in [0.3, 0.4) is 0 Å². The molecule has 5 heteroatoms. The van der Waals surface area contributed by atoms with Crippen molar-refractivity contribution < 1.29 is 8.42 Å². The average Bonchev–Trinajstić information content (AvgIpc) is 2.53. The summed E-state index contributed by atoms with van der Waals surface area (Å²) in [5.41, 5.74) is 0.719. The zero-order valence-corrected chi connectivity index (χ0v) is 17.2. The van der Waals surface area contributed by atoms with Crippen LogP contribution in [0.2, 0.25) is 10.0 Å². The lowest BCUT2D eigenvalue weighted by Crippen LogP contribution is -2.07. The second kappa shape index (κ2) is 11.4. The van der Waals surface area contributed by atoms with Crippen LogP contribution in [-0.2, 0) is 9.84 Å². The van der Waals surface area contributed by atoms with Crippen molar-refractivity contribution in [2.24, 2.45) is 0 Å². The van der Waals surface area contributed by atoms with Crippen LogP contribution in [0.4, 0.5) is 0 Å².